The van der Waals surface area contributed by atoms with E-state index >= 15 is 0 Å². The Hall–Kier alpha value is -9.00. The lowest BCUT2D eigenvalue weighted by Crippen LogP contribution is -2.31. The van der Waals surface area contributed by atoms with Crippen LogP contribution in [0.3, 0.4) is 0 Å². The Bertz CT molecular complexity index is 6190. The second kappa shape index (κ2) is 16.1. The molecule has 4 aromatic heterocycles. The van der Waals surface area contributed by atoms with Crippen LogP contribution in [-0.4, -0.2) is 18.7 Å². The first-order valence-electron chi connectivity index (χ1n) is 40.2. The van der Waals surface area contributed by atoms with E-state index in [4.69, 9.17) is 37.6 Å². The minimum absolute atomic E-state index is 0.142. The van der Waals surface area contributed by atoms with Gasteiger partial charge in [-0.15, -0.1) is 0 Å². The summed E-state index contributed by atoms with van der Waals surface area (Å²) >= 11 is 0. The first kappa shape index (κ1) is 16.7. The van der Waals surface area contributed by atoms with Crippen molar-refractivity contribution in [1.82, 2.24) is 18.7 Å². The van der Waals surface area contributed by atoms with Crippen molar-refractivity contribution in [3.63, 3.8) is 0 Å². The minimum atomic E-state index is -3.59. The molecule has 6 heteroatoms. The summed E-state index contributed by atoms with van der Waals surface area (Å²) in [5.41, 5.74) is -13.4. The highest BCUT2D eigenvalue weighted by Crippen LogP contribution is 2.40. The Morgan fingerprint density at radius 2 is 1.16 bits per heavy atom. The van der Waals surface area contributed by atoms with Crippen molar-refractivity contribution in [3.05, 3.63) is 241 Å². The van der Waals surface area contributed by atoms with Crippen LogP contribution in [-0.2, 0) is 0 Å². The van der Waals surface area contributed by atoms with E-state index in [1.54, 1.807) is 0 Å². The molecule has 328 valence electrons. The molecule has 0 atom stereocenters. The highest BCUT2D eigenvalue weighted by atomic mass is 16.5. The first-order chi connectivity index (χ1) is 50.5. The van der Waals surface area contributed by atoms with Crippen LogP contribution in [0.5, 0.6) is 11.5 Å². The summed E-state index contributed by atoms with van der Waals surface area (Å²) in [5, 5.41) is -2.20. The fourth-order valence-electron chi connectivity index (χ4n) is 7.88. The molecule has 0 radical (unpaired) electrons. The van der Waals surface area contributed by atoms with Crippen LogP contribution in [0.25, 0.3) is 99.8 Å². The SMILES string of the molecule is [2H]c1nc(-n2c3cc(Oc4cc(-n5[c-][n+](-c6c(-c7c([2H])c([2H])c([2H])c([2H])c7[2H])c([2H])c([2H])c([2H])c6-c6c([2H])c([2H])c([2H])c([2H])c6[2H])c6c([2H])c([2H])c([2H])c([2H])c65)c([2H])c([2H])c4[2H])c([2H])c([2H])c3c3c([2H])c(-n4c5c([2H])c([2H])c([2H])c([2H])c5c5c([2H])c(C)c([2H])c([2H])c54)c([2H])c([2H])c32)c([2H])c(C([2H])([2H])[2H])c1C([2H])([2H])[2H]. The highest BCUT2D eigenvalue weighted by Gasteiger charge is 2.21. The molecule has 13 aromatic rings. The maximum absolute atomic E-state index is 10.2. The Kier molecular flexibility index (Phi) is 3.89. The zero-order chi connectivity index (χ0) is 80.8. The lowest BCUT2D eigenvalue weighted by Gasteiger charge is -2.17. The number of rotatable bonds is 8. The highest BCUT2D eigenvalue weighted by molar-refractivity contribution is 6.12. The van der Waals surface area contributed by atoms with E-state index in [2.05, 4.69) is 11.3 Å². The van der Waals surface area contributed by atoms with E-state index in [1.165, 1.54) is 6.92 Å². The molecule has 0 aliphatic heterocycles. The topological polar surface area (TPSA) is 40.8 Å². The van der Waals surface area contributed by atoms with Gasteiger partial charge in [0.1, 0.15) is 17.3 Å². The molecule has 0 fully saturated rings. The molecule has 0 spiro atoms. The van der Waals surface area contributed by atoms with Crippen molar-refractivity contribution in [1.29, 1.82) is 0 Å². The standard InChI is InChI=1S/C63H45N5O/c1-41-28-32-57-54(34-41)52-22-10-11-25-56(52)67(57)47-29-33-58-55(37-47)53-31-30-49(38-61(53)68(58)62-35-42(2)43(3)39-64-62)69-48-21-14-20-46(36-48)65-40-66(60-27-13-12-26-59(60)65)63-50(44-16-6-4-7-17-44)23-15-24-51(63)45-18-8-5-9-19-45/h4-39H,1-3H3/i2D3,3D3,4D,5D,6D,7D,8D,9D,10D,11D,12D,13D,14D,15D,16D,17D,18D,19D,20D,21D,22D,23D,24D,25D,26D,27D,28D,29D,30D,31D,32D,33D,34D,35D,37D,39D. The van der Waals surface area contributed by atoms with E-state index in [9.17, 15) is 21.9 Å². The minimum Gasteiger partial charge on any atom is -0.458 e. The van der Waals surface area contributed by atoms with Crippen LogP contribution >= 0.6 is 0 Å². The van der Waals surface area contributed by atoms with Crippen molar-refractivity contribution >= 4 is 54.6 Å². The Morgan fingerprint density at radius 1 is 0.507 bits per heavy atom. The number of aromatic nitrogens is 5. The van der Waals surface area contributed by atoms with Gasteiger partial charge in [-0.1, -0.05) is 138 Å². The van der Waals surface area contributed by atoms with Crippen LogP contribution < -0.4 is 9.30 Å². The molecule has 0 aliphatic rings. The summed E-state index contributed by atoms with van der Waals surface area (Å²) in [5.74, 6) is -2.92. The average Bonchev–Trinajstić information content (AvgIpc) is 1.55. The molecule has 0 unspecified atom stereocenters. The number of hydrogen-bond donors (Lipinski definition) is 0. The zero-order valence-electron chi connectivity index (χ0n) is 74.8. The predicted molar refractivity (Wildman–Crippen MR) is 282 cm³/mol. The van der Waals surface area contributed by atoms with Gasteiger partial charge < -0.3 is 9.30 Å². The van der Waals surface area contributed by atoms with Gasteiger partial charge in [0, 0.05) is 47.7 Å². The number of para-hydroxylation sites is 4. The summed E-state index contributed by atoms with van der Waals surface area (Å²) in [6.07, 6.45) is 1.34. The van der Waals surface area contributed by atoms with Crippen LogP contribution in [0.15, 0.2) is 218 Å². The maximum atomic E-state index is 10.2. The average molecular weight is 928 g/mol. The molecule has 0 bridgehead atoms. The molecule has 13 rings (SSSR count). The van der Waals surface area contributed by atoms with Crippen molar-refractivity contribution in [3.8, 4) is 56.6 Å². The normalized spacial score (nSPS) is 20.2. The zero-order valence-corrected chi connectivity index (χ0v) is 34.8. The number of hydrogen-bond acceptors (Lipinski definition) is 2. The molecule has 4 heterocycles. The summed E-state index contributed by atoms with van der Waals surface area (Å²) in [7, 11) is 0. The third-order valence-electron chi connectivity index (χ3n) is 10.8. The number of imidazole rings is 1. The fraction of sp³-hybridized carbons (Fsp3) is 0.0476. The summed E-state index contributed by atoms with van der Waals surface area (Å²) in [6.45, 7) is -5.79. The van der Waals surface area contributed by atoms with Gasteiger partial charge in [0.2, 0.25) is 0 Å². The number of nitrogens with zero attached hydrogens (tertiary/aromatic N) is 5. The molecule has 6 nitrogen and oxygen atoms in total. The van der Waals surface area contributed by atoms with E-state index < -0.39 is 336 Å². The van der Waals surface area contributed by atoms with Crippen LogP contribution in [0, 0.1) is 27.0 Å². The predicted octanol–water partition coefficient (Wildman–Crippen LogP) is 15.3. The molecule has 0 amide bonds. The van der Waals surface area contributed by atoms with Gasteiger partial charge in [0.15, 0.2) is 0 Å². The van der Waals surface area contributed by atoms with Crippen molar-refractivity contribution in [2.45, 2.75) is 20.6 Å². The lowest BCUT2D eigenvalue weighted by atomic mass is 9.95. The van der Waals surface area contributed by atoms with Gasteiger partial charge >= 0.3 is 0 Å². The van der Waals surface area contributed by atoms with E-state index in [-0.39, 0.29) is 10.9 Å². The van der Waals surface area contributed by atoms with E-state index in [1.807, 2.05) is 0 Å². The van der Waals surface area contributed by atoms with E-state index in [0.717, 1.165) is 16.7 Å². The smallest absolute Gasteiger partial charge is 0.269 e. The fourth-order valence-corrected chi connectivity index (χ4v) is 7.88. The molecular weight excluding hydrogens is 843 g/mol. The molecule has 0 aliphatic carbocycles. The Labute approximate surface area is 456 Å². The second-order valence-electron chi connectivity index (χ2n) is 14.8. The summed E-state index contributed by atoms with van der Waals surface area (Å²) < 4.78 is 371. The van der Waals surface area contributed by atoms with Crippen LogP contribution in [0.1, 0.15) is 71.5 Å². The Balaban J connectivity index is 1.16. The van der Waals surface area contributed by atoms with Gasteiger partial charge in [-0.2, -0.15) is 0 Å². The quantitative estimate of drug-likeness (QED) is 0.113. The largest absolute Gasteiger partial charge is 0.458 e. The lowest BCUT2D eigenvalue weighted by molar-refractivity contribution is -0.571. The van der Waals surface area contributed by atoms with Gasteiger partial charge in [-0.05, 0) is 127 Å². The maximum Gasteiger partial charge on any atom is 0.269 e. The number of fused-ring (bicyclic) bond motifs is 7. The first-order valence-corrected chi connectivity index (χ1v) is 20.2. The van der Waals surface area contributed by atoms with Gasteiger partial charge in [0.25, 0.3) is 6.33 Å². The summed E-state index contributed by atoms with van der Waals surface area (Å²) in [4.78, 5) is 4.08. The molecule has 0 N–H and O–H groups in total. The monoisotopic (exact) mass is 928 g/mol. The van der Waals surface area contributed by atoms with Crippen molar-refractivity contribution in [2.24, 2.45) is 0 Å². The molecule has 9 aromatic carbocycles. The van der Waals surface area contributed by atoms with E-state index in [0.29, 0.717) is 13.7 Å². The van der Waals surface area contributed by atoms with Crippen LogP contribution in [0.2, 0.25) is 0 Å². The van der Waals surface area contributed by atoms with Crippen molar-refractivity contribution in [2.75, 3.05) is 0 Å². The van der Waals surface area contributed by atoms with Crippen LogP contribution in [0.4, 0.5) is 0 Å². The molecule has 0 saturated carbocycles. The summed E-state index contributed by atoms with van der Waals surface area (Å²) in [6, 6.07) is -31.9. The van der Waals surface area contributed by atoms with Crippen molar-refractivity contribution < 1.29 is 64.1 Å². The van der Waals surface area contributed by atoms with Gasteiger partial charge in [-0.25, -0.2) is 4.98 Å². The number of benzene rings is 9. The number of ether oxygens (including phenoxy) is 1. The molecule has 0 saturated heterocycles. The second-order valence-corrected chi connectivity index (χ2v) is 14.8. The van der Waals surface area contributed by atoms with Gasteiger partial charge in [-0.3, -0.25) is 13.7 Å². The van der Waals surface area contributed by atoms with Gasteiger partial charge in [0.05, 0.1) is 91.1 Å². The third kappa shape index (κ3) is 6.71. The third-order valence-corrected chi connectivity index (χ3v) is 10.8. The molecule has 69 heavy (non-hydrogen) atoms. The Morgan fingerprint density at radius 3 is 1.96 bits per heavy atom. The number of pyridine rings is 1. The molecular formula is C63H45N5O.